The SMILES string of the molecule is Nc1ncnc2c1ncn2[C@@H]1O[C@@H]2COP(=O)(N3CCCCC3)O[C@H]2[C@H]1O. The van der Waals surface area contributed by atoms with Gasteiger partial charge in [0.15, 0.2) is 17.7 Å². The topological polar surface area (TPSA) is 138 Å². The first kappa shape index (κ1) is 17.5. The van der Waals surface area contributed by atoms with E-state index < -0.39 is 32.3 Å². The Morgan fingerprint density at radius 2 is 2.04 bits per heavy atom. The molecule has 146 valence electrons. The van der Waals surface area contributed by atoms with E-state index in [0.29, 0.717) is 24.3 Å². The Morgan fingerprint density at radius 1 is 1.22 bits per heavy atom. The molecule has 1 unspecified atom stereocenters. The summed E-state index contributed by atoms with van der Waals surface area (Å²) < 4.78 is 33.9. The molecule has 2 aromatic rings. The van der Waals surface area contributed by atoms with E-state index >= 15 is 0 Å². The Labute approximate surface area is 155 Å². The lowest BCUT2D eigenvalue weighted by Crippen LogP contribution is -2.43. The fraction of sp³-hybridized carbons (Fsp3) is 0.667. The van der Waals surface area contributed by atoms with Gasteiger partial charge in [-0.15, -0.1) is 0 Å². The summed E-state index contributed by atoms with van der Waals surface area (Å²) in [5.41, 5.74) is 6.70. The molecule has 0 aromatic carbocycles. The Kier molecular flexibility index (Phi) is 4.19. The molecule has 0 aliphatic carbocycles. The van der Waals surface area contributed by atoms with Gasteiger partial charge in [0.2, 0.25) is 0 Å². The van der Waals surface area contributed by atoms with Gasteiger partial charge in [0.05, 0.1) is 12.9 Å². The van der Waals surface area contributed by atoms with Crippen LogP contribution in [0.1, 0.15) is 25.5 Å². The predicted molar refractivity (Wildman–Crippen MR) is 93.5 cm³/mol. The predicted octanol–water partition coefficient (Wildman–Crippen LogP) is 0.676. The van der Waals surface area contributed by atoms with E-state index in [-0.39, 0.29) is 12.4 Å². The molecule has 3 saturated heterocycles. The lowest BCUT2D eigenvalue weighted by Gasteiger charge is -2.38. The molecule has 11 nitrogen and oxygen atoms in total. The number of anilines is 1. The van der Waals surface area contributed by atoms with Crippen molar-refractivity contribution in [3.8, 4) is 0 Å². The number of imidazole rings is 1. The number of nitrogen functional groups attached to an aromatic ring is 1. The highest BCUT2D eigenvalue weighted by atomic mass is 31.2. The van der Waals surface area contributed by atoms with E-state index in [9.17, 15) is 9.67 Å². The first-order valence-electron chi connectivity index (χ1n) is 9.02. The number of piperidine rings is 1. The van der Waals surface area contributed by atoms with E-state index in [1.54, 1.807) is 9.24 Å². The van der Waals surface area contributed by atoms with Crippen LogP contribution in [0.4, 0.5) is 5.82 Å². The number of aliphatic hydroxyl groups is 1. The highest BCUT2D eigenvalue weighted by Gasteiger charge is 2.54. The highest BCUT2D eigenvalue weighted by molar-refractivity contribution is 7.51. The van der Waals surface area contributed by atoms with Crippen LogP contribution in [0.25, 0.3) is 11.2 Å². The van der Waals surface area contributed by atoms with Crippen LogP contribution in [-0.4, -0.2) is 67.3 Å². The lowest BCUT2D eigenvalue weighted by molar-refractivity contribution is -0.0644. The second-order valence-corrected chi connectivity index (χ2v) is 8.96. The van der Waals surface area contributed by atoms with E-state index in [2.05, 4.69) is 15.0 Å². The second kappa shape index (κ2) is 6.47. The first-order chi connectivity index (χ1) is 13.1. The third kappa shape index (κ3) is 2.77. The van der Waals surface area contributed by atoms with Crippen molar-refractivity contribution >= 4 is 24.7 Å². The van der Waals surface area contributed by atoms with Crippen LogP contribution in [-0.2, 0) is 18.3 Å². The van der Waals surface area contributed by atoms with Gasteiger partial charge in [-0.05, 0) is 12.8 Å². The lowest BCUT2D eigenvalue weighted by atomic mass is 10.1. The summed E-state index contributed by atoms with van der Waals surface area (Å²) in [7, 11) is -3.43. The van der Waals surface area contributed by atoms with Crippen LogP contribution >= 0.6 is 7.75 Å². The molecule has 3 aliphatic rings. The van der Waals surface area contributed by atoms with Crippen LogP contribution in [0.2, 0.25) is 0 Å². The van der Waals surface area contributed by atoms with Gasteiger partial charge in [-0.1, -0.05) is 6.42 Å². The summed E-state index contributed by atoms with van der Waals surface area (Å²) in [6.07, 6.45) is 2.70. The van der Waals surface area contributed by atoms with Crippen molar-refractivity contribution in [3.05, 3.63) is 12.7 Å². The third-order valence-electron chi connectivity index (χ3n) is 5.31. The smallest absolute Gasteiger partial charge is 0.386 e. The minimum absolute atomic E-state index is 0.0930. The average molecular weight is 396 g/mol. The maximum atomic E-state index is 13.2. The number of aromatic nitrogens is 4. The zero-order valence-electron chi connectivity index (χ0n) is 14.5. The van der Waals surface area contributed by atoms with Crippen LogP contribution in [0.3, 0.4) is 0 Å². The fourth-order valence-electron chi connectivity index (χ4n) is 3.89. The van der Waals surface area contributed by atoms with Gasteiger partial charge in [-0.2, -0.15) is 0 Å². The van der Waals surface area contributed by atoms with Crippen LogP contribution < -0.4 is 5.73 Å². The number of nitrogens with zero attached hydrogens (tertiary/aromatic N) is 5. The second-order valence-electron chi connectivity index (χ2n) is 6.99. The minimum Gasteiger partial charge on any atom is -0.386 e. The largest absolute Gasteiger partial charge is 0.408 e. The monoisotopic (exact) mass is 396 g/mol. The number of nitrogens with two attached hydrogens (primary N) is 1. The van der Waals surface area contributed by atoms with E-state index in [0.717, 1.165) is 19.3 Å². The quantitative estimate of drug-likeness (QED) is 0.697. The summed E-state index contributed by atoms with van der Waals surface area (Å²) in [4.78, 5) is 12.3. The van der Waals surface area contributed by atoms with Gasteiger partial charge in [0.1, 0.15) is 30.2 Å². The summed E-state index contributed by atoms with van der Waals surface area (Å²) in [5, 5.41) is 10.8. The number of hydrogen-bond donors (Lipinski definition) is 2. The zero-order chi connectivity index (χ0) is 18.6. The standard InChI is InChI=1S/C15H21N6O5P/c16-13-10-14(18-7-17-13)21(8-19-10)15-11(22)12-9(25-15)6-24-27(23,26-12)20-4-2-1-3-5-20/h7-9,11-12,15,22H,1-6H2,(H2,16,17,18)/t9-,11-,12-,15-,27?/m1/s1. The number of fused-ring (bicyclic) bond motifs is 2. The van der Waals surface area contributed by atoms with Crippen molar-refractivity contribution < 1.29 is 23.5 Å². The molecule has 0 bridgehead atoms. The van der Waals surface area contributed by atoms with E-state index in [1.807, 2.05) is 0 Å². The number of ether oxygens (including phenoxy) is 1. The van der Waals surface area contributed by atoms with Crippen molar-refractivity contribution in [1.82, 2.24) is 24.2 Å². The normalized spacial score (nSPS) is 37.5. The molecule has 3 aliphatic heterocycles. The van der Waals surface area contributed by atoms with Crippen LogP contribution in [0.5, 0.6) is 0 Å². The summed E-state index contributed by atoms with van der Waals surface area (Å²) >= 11 is 0. The highest BCUT2D eigenvalue weighted by Crippen LogP contribution is 2.59. The molecule has 5 atom stereocenters. The maximum absolute atomic E-state index is 13.2. The summed E-state index contributed by atoms with van der Waals surface area (Å²) in [6, 6.07) is 0. The van der Waals surface area contributed by atoms with Crippen molar-refractivity contribution in [2.24, 2.45) is 0 Å². The number of aliphatic hydroxyl groups excluding tert-OH is 1. The van der Waals surface area contributed by atoms with Crippen LogP contribution in [0.15, 0.2) is 12.7 Å². The third-order valence-corrected chi connectivity index (χ3v) is 7.38. The molecule has 3 fully saturated rings. The van der Waals surface area contributed by atoms with E-state index in [4.69, 9.17) is 19.5 Å². The molecule has 3 N–H and O–H groups in total. The summed E-state index contributed by atoms with van der Waals surface area (Å²) in [6.45, 7) is 1.42. The van der Waals surface area contributed by atoms with Gasteiger partial charge in [0, 0.05) is 13.1 Å². The van der Waals surface area contributed by atoms with Gasteiger partial charge < -0.3 is 15.6 Å². The zero-order valence-corrected chi connectivity index (χ0v) is 15.4. The Bertz CT molecular complexity index is 902. The molecule has 12 heteroatoms. The number of hydrogen-bond acceptors (Lipinski definition) is 9. The summed E-state index contributed by atoms with van der Waals surface area (Å²) in [5.74, 6) is 0.248. The van der Waals surface area contributed by atoms with Gasteiger partial charge in [-0.3, -0.25) is 13.6 Å². The van der Waals surface area contributed by atoms with Crippen molar-refractivity contribution in [2.45, 2.75) is 43.8 Å². The molecular weight excluding hydrogens is 375 g/mol. The van der Waals surface area contributed by atoms with Crippen LogP contribution in [0, 0.1) is 0 Å². The average Bonchev–Trinajstić information content (AvgIpc) is 3.25. The molecule has 0 saturated carbocycles. The van der Waals surface area contributed by atoms with Crippen molar-refractivity contribution in [1.29, 1.82) is 0 Å². The molecular formula is C15H21N6O5P. The van der Waals surface area contributed by atoms with E-state index in [1.165, 1.54) is 12.7 Å². The first-order valence-corrected chi connectivity index (χ1v) is 10.5. The Morgan fingerprint density at radius 3 is 2.85 bits per heavy atom. The van der Waals surface area contributed by atoms with Gasteiger partial charge >= 0.3 is 7.75 Å². The molecule has 5 rings (SSSR count). The molecule has 0 radical (unpaired) electrons. The molecule has 2 aromatic heterocycles. The Balaban J connectivity index is 1.41. The van der Waals surface area contributed by atoms with Gasteiger partial charge in [0.25, 0.3) is 0 Å². The molecule has 5 heterocycles. The van der Waals surface area contributed by atoms with Gasteiger partial charge in [-0.25, -0.2) is 24.2 Å². The number of rotatable bonds is 2. The van der Waals surface area contributed by atoms with Crippen molar-refractivity contribution in [3.63, 3.8) is 0 Å². The molecule has 0 spiro atoms. The maximum Gasteiger partial charge on any atom is 0.408 e. The fourth-order valence-corrected chi connectivity index (χ4v) is 5.93. The Hall–Kier alpha value is -1.62. The molecule has 0 amide bonds. The molecule has 27 heavy (non-hydrogen) atoms. The minimum atomic E-state index is -3.43. The van der Waals surface area contributed by atoms with Crippen molar-refractivity contribution in [2.75, 3.05) is 25.4 Å².